The molecule has 0 aliphatic carbocycles. The highest BCUT2D eigenvalue weighted by atomic mass is 32.2. The Balaban J connectivity index is 1.82. The van der Waals surface area contributed by atoms with Crippen LogP contribution in [0.4, 0.5) is 0 Å². The molecule has 0 saturated carbocycles. The molecule has 2 rings (SSSR count). The summed E-state index contributed by atoms with van der Waals surface area (Å²) in [6.07, 6.45) is 4.04. The molecule has 0 spiro atoms. The fraction of sp³-hybridized carbons (Fsp3) is 0.353. The maximum Gasteiger partial charge on any atom is 0.233 e. The van der Waals surface area contributed by atoms with E-state index in [4.69, 9.17) is 9.47 Å². The first kappa shape index (κ1) is 18.1. The molecule has 1 aromatic heterocycles. The second-order valence-electron chi connectivity index (χ2n) is 5.02. The predicted molar refractivity (Wildman–Crippen MR) is 93.6 cm³/mol. The zero-order valence-corrected chi connectivity index (χ0v) is 14.8. The molecule has 0 saturated heterocycles. The molecule has 1 amide bonds. The summed E-state index contributed by atoms with van der Waals surface area (Å²) in [4.78, 5) is 20.3. The molecule has 1 aromatic carbocycles. The van der Waals surface area contributed by atoms with Gasteiger partial charge in [-0.3, -0.25) is 4.79 Å². The standard InChI is InChI=1S/C17H21N3O3S/c1-12(24-17-19-8-4-9-20-17)16(21)18-10-7-13-5-6-14(22-2)15(11-13)23-3/h4-6,8-9,11-12H,7,10H2,1-3H3,(H,18,21). The average molecular weight is 347 g/mol. The van der Waals surface area contributed by atoms with Crippen LogP contribution in [0.5, 0.6) is 11.5 Å². The van der Waals surface area contributed by atoms with Crippen LogP contribution in [0, 0.1) is 0 Å². The summed E-state index contributed by atoms with van der Waals surface area (Å²) in [6, 6.07) is 7.49. The summed E-state index contributed by atoms with van der Waals surface area (Å²) in [7, 11) is 3.21. The molecule has 6 nitrogen and oxygen atoms in total. The highest BCUT2D eigenvalue weighted by Gasteiger charge is 2.15. The lowest BCUT2D eigenvalue weighted by atomic mass is 10.1. The van der Waals surface area contributed by atoms with Gasteiger partial charge in [-0.15, -0.1) is 0 Å². The molecule has 1 heterocycles. The zero-order chi connectivity index (χ0) is 17.4. The Hall–Kier alpha value is -2.28. The number of carbonyl (C=O) groups is 1. The summed E-state index contributed by atoms with van der Waals surface area (Å²) < 4.78 is 10.5. The number of hydrogen-bond acceptors (Lipinski definition) is 6. The molecule has 0 aliphatic heterocycles. The molecule has 0 aliphatic rings. The van der Waals surface area contributed by atoms with Crippen molar-refractivity contribution >= 4 is 17.7 Å². The second kappa shape index (κ2) is 9.12. The number of hydrogen-bond donors (Lipinski definition) is 1. The van der Waals surface area contributed by atoms with Crippen molar-refractivity contribution < 1.29 is 14.3 Å². The third kappa shape index (κ3) is 5.13. The maximum absolute atomic E-state index is 12.1. The van der Waals surface area contributed by atoms with Crippen molar-refractivity contribution in [1.82, 2.24) is 15.3 Å². The number of ether oxygens (including phenoxy) is 2. The molecule has 0 fully saturated rings. The van der Waals surface area contributed by atoms with Crippen LogP contribution in [-0.2, 0) is 11.2 Å². The van der Waals surface area contributed by atoms with E-state index in [0.717, 1.165) is 5.56 Å². The first-order valence-electron chi connectivity index (χ1n) is 7.56. The van der Waals surface area contributed by atoms with E-state index in [-0.39, 0.29) is 11.2 Å². The van der Waals surface area contributed by atoms with Crippen LogP contribution >= 0.6 is 11.8 Å². The lowest BCUT2D eigenvalue weighted by molar-refractivity contribution is -0.120. The Kier molecular flexibility index (Phi) is 6.87. The van der Waals surface area contributed by atoms with Crippen LogP contribution < -0.4 is 14.8 Å². The molecular weight excluding hydrogens is 326 g/mol. The summed E-state index contributed by atoms with van der Waals surface area (Å²) in [5.41, 5.74) is 1.07. The van der Waals surface area contributed by atoms with Crippen molar-refractivity contribution in [2.45, 2.75) is 23.8 Å². The maximum atomic E-state index is 12.1. The largest absolute Gasteiger partial charge is 0.493 e. The summed E-state index contributed by atoms with van der Waals surface area (Å²) >= 11 is 1.34. The van der Waals surface area contributed by atoms with E-state index >= 15 is 0 Å². The highest BCUT2D eigenvalue weighted by Crippen LogP contribution is 2.27. The van der Waals surface area contributed by atoms with Gasteiger partial charge in [0.2, 0.25) is 5.91 Å². The van der Waals surface area contributed by atoms with Crippen LogP contribution in [0.1, 0.15) is 12.5 Å². The minimum absolute atomic E-state index is 0.0343. The number of benzene rings is 1. The van der Waals surface area contributed by atoms with Gasteiger partial charge in [0.15, 0.2) is 16.7 Å². The average Bonchev–Trinajstić information content (AvgIpc) is 2.62. The monoisotopic (exact) mass is 347 g/mol. The molecule has 2 aromatic rings. The Morgan fingerprint density at radius 2 is 1.92 bits per heavy atom. The lowest BCUT2D eigenvalue weighted by Crippen LogP contribution is -2.32. The van der Waals surface area contributed by atoms with Crippen molar-refractivity contribution in [2.75, 3.05) is 20.8 Å². The Bertz CT molecular complexity index is 667. The van der Waals surface area contributed by atoms with E-state index in [1.807, 2.05) is 25.1 Å². The van der Waals surface area contributed by atoms with Crippen molar-refractivity contribution in [3.63, 3.8) is 0 Å². The van der Waals surface area contributed by atoms with E-state index in [1.165, 1.54) is 11.8 Å². The first-order chi connectivity index (χ1) is 11.6. The molecule has 1 atom stereocenters. The van der Waals surface area contributed by atoms with Gasteiger partial charge in [0, 0.05) is 18.9 Å². The number of nitrogens with one attached hydrogen (secondary N) is 1. The van der Waals surface area contributed by atoms with Crippen LogP contribution in [0.3, 0.4) is 0 Å². The zero-order valence-electron chi connectivity index (χ0n) is 14.0. The minimum Gasteiger partial charge on any atom is -0.493 e. The Labute approximate surface area is 146 Å². The number of thioether (sulfide) groups is 1. The van der Waals surface area contributed by atoms with Gasteiger partial charge in [-0.05, 0) is 37.1 Å². The van der Waals surface area contributed by atoms with Gasteiger partial charge >= 0.3 is 0 Å². The summed E-state index contributed by atoms with van der Waals surface area (Å²) in [5.74, 6) is 1.34. The SMILES string of the molecule is COc1ccc(CCNC(=O)C(C)Sc2ncccn2)cc1OC. The van der Waals surface area contributed by atoms with Crippen LogP contribution in [0.25, 0.3) is 0 Å². The van der Waals surface area contributed by atoms with Gasteiger partial charge in [-0.25, -0.2) is 9.97 Å². The topological polar surface area (TPSA) is 73.3 Å². The number of nitrogens with zero attached hydrogens (tertiary/aromatic N) is 2. The highest BCUT2D eigenvalue weighted by molar-refractivity contribution is 8.00. The molecule has 24 heavy (non-hydrogen) atoms. The molecular formula is C17H21N3O3S. The molecule has 128 valence electrons. The fourth-order valence-corrected chi connectivity index (χ4v) is 2.82. The first-order valence-corrected chi connectivity index (χ1v) is 8.44. The Morgan fingerprint density at radius 3 is 2.58 bits per heavy atom. The molecule has 0 bridgehead atoms. The van der Waals surface area contributed by atoms with Crippen molar-refractivity contribution in [3.8, 4) is 11.5 Å². The predicted octanol–water partition coefficient (Wildman–Crippen LogP) is 2.33. The number of amides is 1. The van der Waals surface area contributed by atoms with Gasteiger partial charge in [0.05, 0.1) is 19.5 Å². The Morgan fingerprint density at radius 1 is 1.21 bits per heavy atom. The number of carbonyl (C=O) groups excluding carboxylic acids is 1. The second-order valence-corrected chi connectivity index (χ2v) is 6.33. The number of methoxy groups -OCH3 is 2. The van der Waals surface area contributed by atoms with Crippen LogP contribution in [0.2, 0.25) is 0 Å². The molecule has 1 unspecified atom stereocenters. The summed E-state index contributed by atoms with van der Waals surface area (Å²) in [6.45, 7) is 2.39. The molecule has 7 heteroatoms. The summed E-state index contributed by atoms with van der Waals surface area (Å²) in [5, 5.41) is 3.28. The number of rotatable bonds is 8. The fourth-order valence-electron chi connectivity index (χ4n) is 2.07. The van der Waals surface area contributed by atoms with Gasteiger partial charge in [0.25, 0.3) is 0 Å². The van der Waals surface area contributed by atoms with Gasteiger partial charge in [-0.1, -0.05) is 17.8 Å². The minimum atomic E-state index is -0.252. The van der Waals surface area contributed by atoms with Crippen molar-refractivity contribution in [1.29, 1.82) is 0 Å². The van der Waals surface area contributed by atoms with Gasteiger partial charge in [-0.2, -0.15) is 0 Å². The lowest BCUT2D eigenvalue weighted by Gasteiger charge is -2.12. The third-order valence-electron chi connectivity index (χ3n) is 3.35. The van der Waals surface area contributed by atoms with E-state index < -0.39 is 0 Å². The normalized spacial score (nSPS) is 11.6. The van der Waals surface area contributed by atoms with Crippen LogP contribution in [0.15, 0.2) is 41.8 Å². The smallest absolute Gasteiger partial charge is 0.233 e. The van der Waals surface area contributed by atoms with E-state index in [9.17, 15) is 4.79 Å². The third-order valence-corrected chi connectivity index (χ3v) is 4.34. The van der Waals surface area contributed by atoms with Gasteiger partial charge in [0.1, 0.15) is 0 Å². The van der Waals surface area contributed by atoms with Crippen molar-refractivity contribution in [3.05, 3.63) is 42.2 Å². The molecule has 0 radical (unpaired) electrons. The van der Waals surface area contributed by atoms with Crippen molar-refractivity contribution in [2.24, 2.45) is 0 Å². The van der Waals surface area contributed by atoms with E-state index in [1.54, 1.807) is 32.7 Å². The van der Waals surface area contributed by atoms with E-state index in [0.29, 0.717) is 29.6 Å². The molecule has 1 N–H and O–H groups in total. The van der Waals surface area contributed by atoms with Gasteiger partial charge < -0.3 is 14.8 Å². The quantitative estimate of drug-likeness (QED) is 0.584. The van der Waals surface area contributed by atoms with E-state index in [2.05, 4.69) is 15.3 Å². The van der Waals surface area contributed by atoms with Crippen LogP contribution in [-0.4, -0.2) is 41.9 Å². The number of aromatic nitrogens is 2.